The molecule has 0 aliphatic carbocycles. The van der Waals surface area contributed by atoms with E-state index in [4.69, 9.17) is 8.37 Å². The van der Waals surface area contributed by atoms with Gasteiger partial charge in [0.1, 0.15) is 4.90 Å². The van der Waals surface area contributed by atoms with Gasteiger partial charge < -0.3 is 9.80 Å². The number of anilines is 1. The molecule has 0 aromatic heterocycles. The van der Waals surface area contributed by atoms with Gasteiger partial charge in [0.25, 0.3) is 25.9 Å². The zero-order valence-corrected chi connectivity index (χ0v) is 22.0. The summed E-state index contributed by atoms with van der Waals surface area (Å²) in [5.41, 5.74) is -0.473. The lowest BCUT2D eigenvalue weighted by Crippen LogP contribution is -2.36. The van der Waals surface area contributed by atoms with Gasteiger partial charge in [-0.15, -0.1) is 0 Å². The molecule has 0 saturated carbocycles. The van der Waals surface area contributed by atoms with Crippen molar-refractivity contribution in [2.45, 2.75) is 4.90 Å². The fourth-order valence-electron chi connectivity index (χ4n) is 2.66. The first kappa shape index (κ1) is 30.1. The van der Waals surface area contributed by atoms with Crippen LogP contribution in [0.1, 0.15) is 0 Å². The topological polar surface area (TPSA) is 174 Å². The van der Waals surface area contributed by atoms with E-state index < -0.39 is 45.8 Å². The van der Waals surface area contributed by atoms with Crippen molar-refractivity contribution in [3.8, 4) is 0 Å². The van der Waals surface area contributed by atoms with Crippen LogP contribution < -0.4 is 4.90 Å². The maximum atomic E-state index is 13.3. The van der Waals surface area contributed by atoms with E-state index in [1.54, 1.807) is 19.0 Å². The Morgan fingerprint density at radius 2 is 1.35 bits per heavy atom. The number of sulfonamides is 1. The predicted octanol–water partition coefficient (Wildman–Crippen LogP) is -0.464. The first-order valence-electron chi connectivity index (χ1n) is 9.77. The number of nitrogens with zero attached hydrogens (tertiary/aromatic N) is 4. The molecule has 0 radical (unpaired) electrons. The van der Waals surface area contributed by atoms with Crippen molar-refractivity contribution in [2.24, 2.45) is 0 Å². The van der Waals surface area contributed by atoms with Crippen molar-refractivity contribution in [3.05, 3.63) is 28.3 Å². The fraction of sp³-hybridized carbons (Fsp3) is 0.647. The average Bonchev–Trinajstić information content (AvgIpc) is 2.68. The summed E-state index contributed by atoms with van der Waals surface area (Å²) in [5, 5.41) is 11.3. The maximum Gasteiger partial charge on any atom is 0.270 e. The second-order valence-electron chi connectivity index (χ2n) is 7.58. The second kappa shape index (κ2) is 12.2. The number of non-ortho nitro benzene ring substituents is 1. The van der Waals surface area contributed by atoms with Crippen LogP contribution in [0.3, 0.4) is 0 Å². The molecule has 0 bridgehead atoms. The Morgan fingerprint density at radius 3 is 1.76 bits per heavy atom. The van der Waals surface area contributed by atoms with Crippen LogP contribution in [0.4, 0.5) is 11.4 Å². The first-order chi connectivity index (χ1) is 15.4. The molecule has 1 aromatic carbocycles. The lowest BCUT2D eigenvalue weighted by Gasteiger charge is -2.28. The molecule has 14 nitrogen and oxygen atoms in total. The van der Waals surface area contributed by atoms with E-state index in [0.29, 0.717) is 6.54 Å². The summed E-state index contributed by atoms with van der Waals surface area (Å²) < 4.78 is 82.4. The van der Waals surface area contributed by atoms with E-state index in [-0.39, 0.29) is 38.5 Å². The summed E-state index contributed by atoms with van der Waals surface area (Å²) in [6.07, 6.45) is 1.68. The molecule has 34 heavy (non-hydrogen) atoms. The molecule has 196 valence electrons. The average molecular weight is 547 g/mol. The SMILES string of the molecule is CN(C)CCN(C)S(=O)(=O)c1cc([N+](=O)[O-])ccc1N(CCOS(C)(=O)=O)CCOS(C)(=O)=O. The molecule has 17 heteroatoms. The Balaban J connectivity index is 3.48. The molecule has 0 amide bonds. The van der Waals surface area contributed by atoms with Gasteiger partial charge in [-0.25, -0.2) is 8.42 Å². The Kier molecular flexibility index (Phi) is 10.8. The van der Waals surface area contributed by atoms with Crippen molar-refractivity contribution < 1.29 is 38.5 Å². The third-order valence-corrected chi connectivity index (χ3v) is 7.44. The molecular weight excluding hydrogens is 516 g/mol. The highest BCUT2D eigenvalue weighted by molar-refractivity contribution is 7.89. The van der Waals surface area contributed by atoms with E-state index in [2.05, 4.69) is 0 Å². The van der Waals surface area contributed by atoms with Crippen molar-refractivity contribution in [1.29, 1.82) is 0 Å². The summed E-state index contributed by atoms with van der Waals surface area (Å²) in [4.78, 5) is 13.3. The summed E-state index contributed by atoms with van der Waals surface area (Å²) in [6.45, 7) is -0.654. The Hall–Kier alpha value is -1.89. The smallest absolute Gasteiger partial charge is 0.270 e. The third kappa shape index (κ3) is 10.2. The van der Waals surface area contributed by atoms with Crippen LogP contribution in [0, 0.1) is 10.1 Å². The van der Waals surface area contributed by atoms with E-state index in [0.717, 1.165) is 28.9 Å². The standard InChI is InChI=1S/C17H30N4O10S3/c1-18(2)8-9-19(3)34(28,29)17-14-15(21(22)23)6-7-16(17)20(10-12-30-32(4,24)25)11-13-31-33(5,26)27/h6-7,14H,8-13H2,1-5H3. The van der Waals surface area contributed by atoms with Crippen LogP contribution in [0.25, 0.3) is 0 Å². The number of benzene rings is 1. The van der Waals surface area contributed by atoms with Gasteiger partial charge in [0.2, 0.25) is 10.0 Å². The molecule has 1 aromatic rings. The second-order valence-corrected chi connectivity index (χ2v) is 12.9. The summed E-state index contributed by atoms with van der Waals surface area (Å²) >= 11 is 0. The van der Waals surface area contributed by atoms with Gasteiger partial charge in [0, 0.05) is 45.4 Å². The maximum absolute atomic E-state index is 13.3. The molecule has 0 saturated heterocycles. The molecule has 0 heterocycles. The molecule has 1 rings (SSSR count). The number of hydrogen-bond acceptors (Lipinski definition) is 12. The van der Waals surface area contributed by atoms with Gasteiger partial charge >= 0.3 is 0 Å². The molecular formula is C17H30N4O10S3. The summed E-state index contributed by atoms with van der Waals surface area (Å²) in [6, 6.07) is 3.19. The Bertz CT molecular complexity index is 1130. The van der Waals surface area contributed by atoms with E-state index in [9.17, 15) is 35.4 Å². The summed E-state index contributed by atoms with van der Waals surface area (Å²) in [5.74, 6) is 0. The molecule has 0 aliphatic rings. The highest BCUT2D eigenvalue weighted by Crippen LogP contribution is 2.31. The number of nitro benzene ring substituents is 1. The number of rotatable bonds is 15. The number of nitro groups is 1. The molecule has 0 spiro atoms. The van der Waals surface area contributed by atoms with Crippen LogP contribution in [-0.4, -0.2) is 112 Å². The highest BCUT2D eigenvalue weighted by atomic mass is 32.2. The van der Waals surface area contributed by atoms with Gasteiger partial charge in [0.05, 0.1) is 36.3 Å². The zero-order valence-electron chi connectivity index (χ0n) is 19.6. The minimum Gasteiger partial charge on any atom is -0.366 e. The zero-order chi connectivity index (χ0) is 26.3. The predicted molar refractivity (Wildman–Crippen MR) is 125 cm³/mol. The van der Waals surface area contributed by atoms with Crippen LogP contribution >= 0.6 is 0 Å². The van der Waals surface area contributed by atoms with Crippen LogP contribution in [0.5, 0.6) is 0 Å². The Morgan fingerprint density at radius 1 is 0.853 bits per heavy atom. The van der Waals surface area contributed by atoms with Gasteiger partial charge in [-0.3, -0.25) is 18.5 Å². The molecule has 0 fully saturated rings. The fourth-order valence-corrected chi connectivity index (χ4v) is 4.81. The highest BCUT2D eigenvalue weighted by Gasteiger charge is 2.29. The lowest BCUT2D eigenvalue weighted by molar-refractivity contribution is -0.385. The van der Waals surface area contributed by atoms with Gasteiger partial charge in [-0.2, -0.15) is 21.1 Å². The lowest BCUT2D eigenvalue weighted by atomic mass is 10.2. The Labute approximate surface area is 200 Å². The molecule has 0 atom stereocenters. The van der Waals surface area contributed by atoms with Crippen LogP contribution in [0.15, 0.2) is 23.1 Å². The van der Waals surface area contributed by atoms with E-state index >= 15 is 0 Å². The largest absolute Gasteiger partial charge is 0.366 e. The first-order valence-corrected chi connectivity index (χ1v) is 14.8. The van der Waals surface area contributed by atoms with Gasteiger partial charge in [0.15, 0.2) is 0 Å². The monoisotopic (exact) mass is 546 g/mol. The van der Waals surface area contributed by atoms with Crippen molar-refractivity contribution in [3.63, 3.8) is 0 Å². The van der Waals surface area contributed by atoms with Gasteiger partial charge in [-0.1, -0.05) is 0 Å². The minimum atomic E-state index is -4.23. The van der Waals surface area contributed by atoms with Gasteiger partial charge in [-0.05, 0) is 20.2 Å². The van der Waals surface area contributed by atoms with Crippen molar-refractivity contribution >= 4 is 41.6 Å². The number of likely N-dealkylation sites (N-methyl/N-ethyl adjacent to an activating group) is 2. The van der Waals surface area contributed by atoms with E-state index in [1.165, 1.54) is 18.0 Å². The quantitative estimate of drug-likeness (QED) is 0.157. The van der Waals surface area contributed by atoms with Crippen LogP contribution in [-0.2, 0) is 38.6 Å². The molecule has 0 unspecified atom stereocenters. The van der Waals surface area contributed by atoms with Crippen molar-refractivity contribution in [2.75, 3.05) is 77.9 Å². The third-order valence-electron chi connectivity index (χ3n) is 4.36. The van der Waals surface area contributed by atoms with Crippen LogP contribution in [0.2, 0.25) is 0 Å². The molecule has 0 aliphatic heterocycles. The number of hydrogen-bond donors (Lipinski definition) is 0. The van der Waals surface area contributed by atoms with Crippen molar-refractivity contribution in [1.82, 2.24) is 9.21 Å². The van der Waals surface area contributed by atoms with E-state index in [1.807, 2.05) is 0 Å². The molecule has 0 N–H and O–H groups in total. The minimum absolute atomic E-state index is 0.00324. The summed E-state index contributed by atoms with van der Waals surface area (Å²) in [7, 11) is -7.01. The normalized spacial score (nSPS) is 12.9.